The number of aliphatic hydroxyl groups excluding tert-OH is 1. The Hall–Kier alpha value is -1.13. The fourth-order valence-corrected chi connectivity index (χ4v) is 2.69. The first kappa shape index (κ1) is 16.2. The summed E-state index contributed by atoms with van der Waals surface area (Å²) in [5.41, 5.74) is 1.92. The van der Waals surface area contributed by atoms with Crippen molar-refractivity contribution in [2.75, 3.05) is 0 Å². The number of nitrogens with one attached hydrogen (secondary N) is 1. The molecule has 0 aliphatic heterocycles. The van der Waals surface area contributed by atoms with Crippen LogP contribution in [0.5, 0.6) is 5.75 Å². The van der Waals surface area contributed by atoms with Crippen molar-refractivity contribution < 1.29 is 9.84 Å². The van der Waals surface area contributed by atoms with E-state index in [1.807, 2.05) is 19.1 Å². The van der Waals surface area contributed by atoms with Crippen LogP contribution in [0, 0.1) is 6.92 Å². The highest BCUT2D eigenvalue weighted by Crippen LogP contribution is 2.25. The van der Waals surface area contributed by atoms with E-state index in [0.717, 1.165) is 42.8 Å². The van der Waals surface area contributed by atoms with E-state index < -0.39 is 0 Å². The van der Waals surface area contributed by atoms with Crippen LogP contribution < -0.4 is 10.1 Å². The van der Waals surface area contributed by atoms with E-state index in [0.29, 0.717) is 12.6 Å². The lowest BCUT2D eigenvalue weighted by Gasteiger charge is -2.23. The van der Waals surface area contributed by atoms with Crippen LogP contribution in [-0.2, 0) is 6.54 Å². The van der Waals surface area contributed by atoms with Crippen molar-refractivity contribution in [1.29, 1.82) is 0 Å². The highest BCUT2D eigenvalue weighted by molar-refractivity contribution is 5.29. The predicted octanol–water partition coefficient (Wildman–Crippen LogP) is 2.96. The van der Waals surface area contributed by atoms with Gasteiger partial charge in [-0.15, -0.1) is 0 Å². The van der Waals surface area contributed by atoms with Crippen LogP contribution in [0.15, 0.2) is 12.1 Å². The minimum absolute atomic E-state index is 0.102. The summed E-state index contributed by atoms with van der Waals surface area (Å²) in [6.07, 6.45) is 4.70. The largest absolute Gasteiger partial charge is 0.486 e. The standard InChI is InChI=1S/C17H28N2O2/c1-12(2)18-11-14-16(10-9-13(3)19-14)21-17-8-6-4-5-7-15(17)20/h9-10,12,15,17-18,20H,4-8,11H2,1-3H3. The second-order valence-electron chi connectivity index (χ2n) is 6.29. The molecule has 1 saturated carbocycles. The lowest BCUT2D eigenvalue weighted by molar-refractivity contribution is 0.0311. The van der Waals surface area contributed by atoms with E-state index in [2.05, 4.69) is 24.1 Å². The molecule has 21 heavy (non-hydrogen) atoms. The van der Waals surface area contributed by atoms with Gasteiger partial charge < -0.3 is 15.2 Å². The Morgan fingerprint density at radius 1 is 1.29 bits per heavy atom. The third-order valence-electron chi connectivity index (χ3n) is 3.95. The lowest BCUT2D eigenvalue weighted by Crippen LogP contribution is -2.31. The van der Waals surface area contributed by atoms with E-state index in [1.54, 1.807) is 0 Å². The number of hydrogen-bond acceptors (Lipinski definition) is 4. The summed E-state index contributed by atoms with van der Waals surface area (Å²) in [5, 5.41) is 13.6. The molecule has 1 aromatic rings. The van der Waals surface area contributed by atoms with Crippen LogP contribution in [0.3, 0.4) is 0 Å². The molecule has 0 radical (unpaired) electrons. The summed E-state index contributed by atoms with van der Waals surface area (Å²) in [5.74, 6) is 0.805. The van der Waals surface area contributed by atoms with Crippen molar-refractivity contribution in [3.8, 4) is 5.75 Å². The van der Waals surface area contributed by atoms with Gasteiger partial charge in [0.2, 0.25) is 0 Å². The molecule has 118 valence electrons. The molecule has 1 heterocycles. The van der Waals surface area contributed by atoms with Gasteiger partial charge in [0.1, 0.15) is 11.9 Å². The third kappa shape index (κ3) is 4.97. The van der Waals surface area contributed by atoms with Gasteiger partial charge in [-0.25, -0.2) is 0 Å². The minimum atomic E-state index is -0.361. The van der Waals surface area contributed by atoms with Gasteiger partial charge in [-0.3, -0.25) is 4.98 Å². The molecular weight excluding hydrogens is 264 g/mol. The average molecular weight is 292 g/mol. The molecule has 0 bridgehead atoms. The van der Waals surface area contributed by atoms with Crippen LogP contribution in [0.4, 0.5) is 0 Å². The quantitative estimate of drug-likeness (QED) is 0.819. The van der Waals surface area contributed by atoms with Crippen molar-refractivity contribution in [2.45, 2.75) is 77.7 Å². The van der Waals surface area contributed by atoms with Gasteiger partial charge in [0.05, 0.1) is 11.8 Å². The third-order valence-corrected chi connectivity index (χ3v) is 3.95. The summed E-state index contributed by atoms with van der Waals surface area (Å²) in [6.45, 7) is 6.91. The Kier molecular flexibility index (Phi) is 6.00. The predicted molar refractivity (Wildman–Crippen MR) is 84.5 cm³/mol. The number of hydrogen-bond donors (Lipinski definition) is 2. The van der Waals surface area contributed by atoms with Crippen LogP contribution in [0.2, 0.25) is 0 Å². The van der Waals surface area contributed by atoms with Gasteiger partial charge in [-0.1, -0.05) is 26.7 Å². The Labute approximate surface area is 127 Å². The molecule has 4 nitrogen and oxygen atoms in total. The molecule has 2 N–H and O–H groups in total. The van der Waals surface area contributed by atoms with Crippen molar-refractivity contribution in [3.63, 3.8) is 0 Å². The summed E-state index contributed by atoms with van der Waals surface area (Å²) < 4.78 is 6.11. The maximum Gasteiger partial charge on any atom is 0.142 e. The van der Waals surface area contributed by atoms with Gasteiger partial charge in [-0.05, 0) is 38.3 Å². The van der Waals surface area contributed by atoms with Gasteiger partial charge in [0, 0.05) is 18.3 Å². The summed E-state index contributed by atoms with van der Waals surface area (Å²) in [4.78, 5) is 4.59. The first-order chi connectivity index (χ1) is 10.1. The Morgan fingerprint density at radius 3 is 2.81 bits per heavy atom. The van der Waals surface area contributed by atoms with Crippen LogP contribution in [0.1, 0.15) is 57.3 Å². The van der Waals surface area contributed by atoms with Gasteiger partial charge >= 0.3 is 0 Å². The summed E-state index contributed by atoms with van der Waals surface area (Å²) in [7, 11) is 0. The van der Waals surface area contributed by atoms with E-state index in [-0.39, 0.29) is 12.2 Å². The van der Waals surface area contributed by atoms with Gasteiger partial charge in [0.15, 0.2) is 0 Å². The summed E-state index contributed by atoms with van der Waals surface area (Å²) >= 11 is 0. The Balaban J connectivity index is 2.10. The number of ether oxygens (including phenoxy) is 1. The first-order valence-corrected chi connectivity index (χ1v) is 8.11. The number of pyridine rings is 1. The first-order valence-electron chi connectivity index (χ1n) is 8.11. The van der Waals surface area contributed by atoms with Crippen molar-refractivity contribution in [1.82, 2.24) is 10.3 Å². The molecule has 2 rings (SSSR count). The molecule has 1 aromatic heterocycles. The normalized spacial score (nSPS) is 23.1. The maximum atomic E-state index is 10.2. The molecule has 1 aliphatic rings. The van der Waals surface area contributed by atoms with Gasteiger partial charge in [0.25, 0.3) is 0 Å². The number of aryl methyl sites for hydroxylation is 1. The van der Waals surface area contributed by atoms with E-state index in [1.165, 1.54) is 6.42 Å². The van der Waals surface area contributed by atoms with E-state index >= 15 is 0 Å². The molecule has 1 fully saturated rings. The molecule has 0 saturated heterocycles. The summed E-state index contributed by atoms with van der Waals surface area (Å²) in [6, 6.07) is 4.36. The molecule has 1 aliphatic carbocycles. The highest BCUT2D eigenvalue weighted by atomic mass is 16.5. The molecule has 2 unspecified atom stereocenters. The Morgan fingerprint density at radius 2 is 2.05 bits per heavy atom. The average Bonchev–Trinajstić information content (AvgIpc) is 2.64. The van der Waals surface area contributed by atoms with Crippen LogP contribution in [-0.4, -0.2) is 28.3 Å². The van der Waals surface area contributed by atoms with E-state index in [4.69, 9.17) is 4.74 Å². The van der Waals surface area contributed by atoms with Gasteiger partial charge in [-0.2, -0.15) is 0 Å². The molecular formula is C17H28N2O2. The molecule has 0 spiro atoms. The number of nitrogens with zero attached hydrogens (tertiary/aromatic N) is 1. The molecule has 0 amide bonds. The molecule has 0 aromatic carbocycles. The minimum Gasteiger partial charge on any atom is -0.486 e. The zero-order valence-corrected chi connectivity index (χ0v) is 13.4. The second-order valence-corrected chi connectivity index (χ2v) is 6.29. The molecule has 4 heteroatoms. The maximum absolute atomic E-state index is 10.2. The zero-order chi connectivity index (χ0) is 15.2. The van der Waals surface area contributed by atoms with Crippen LogP contribution in [0.25, 0.3) is 0 Å². The highest BCUT2D eigenvalue weighted by Gasteiger charge is 2.24. The second kappa shape index (κ2) is 7.76. The fourth-order valence-electron chi connectivity index (χ4n) is 2.69. The monoisotopic (exact) mass is 292 g/mol. The number of aromatic nitrogens is 1. The Bertz CT molecular complexity index is 448. The SMILES string of the molecule is Cc1ccc(OC2CCCCCC2O)c(CNC(C)C)n1. The van der Waals surface area contributed by atoms with E-state index in [9.17, 15) is 5.11 Å². The van der Waals surface area contributed by atoms with Crippen molar-refractivity contribution >= 4 is 0 Å². The smallest absolute Gasteiger partial charge is 0.142 e. The molecule has 2 atom stereocenters. The van der Waals surface area contributed by atoms with Crippen molar-refractivity contribution in [3.05, 3.63) is 23.5 Å². The van der Waals surface area contributed by atoms with Crippen LogP contribution >= 0.6 is 0 Å². The topological polar surface area (TPSA) is 54.4 Å². The number of rotatable bonds is 5. The lowest BCUT2D eigenvalue weighted by atomic mass is 10.1. The zero-order valence-electron chi connectivity index (χ0n) is 13.4. The fraction of sp³-hybridized carbons (Fsp3) is 0.706. The van der Waals surface area contributed by atoms with Crippen molar-refractivity contribution in [2.24, 2.45) is 0 Å². The number of aliphatic hydroxyl groups is 1.